The molecule has 1 fully saturated rings. The van der Waals surface area contributed by atoms with Crippen LogP contribution in [0.15, 0.2) is 0 Å². The molecule has 1 amide bonds. The highest BCUT2D eigenvalue weighted by Crippen LogP contribution is 2.24. The fraction of sp³-hybridized carbons (Fsp3) is 0.833. The van der Waals surface area contributed by atoms with Crippen molar-refractivity contribution in [3.8, 4) is 0 Å². The normalized spacial score (nSPS) is 25.9. The Kier molecular flexibility index (Phi) is 3.02. The van der Waals surface area contributed by atoms with E-state index in [1.54, 1.807) is 17.2 Å². The van der Waals surface area contributed by atoms with Crippen molar-refractivity contribution in [2.45, 2.75) is 24.5 Å². The monoisotopic (exact) mass is 161 g/mol. The molecule has 10 heavy (non-hydrogen) atoms. The highest BCUT2D eigenvalue weighted by atomic mass is 32.2. The summed E-state index contributed by atoms with van der Waals surface area (Å²) in [7, 11) is 0. The third kappa shape index (κ3) is 1.88. The third-order valence-electron chi connectivity index (χ3n) is 1.58. The zero-order valence-electron chi connectivity index (χ0n) is 5.67. The van der Waals surface area contributed by atoms with E-state index in [4.69, 9.17) is 5.21 Å². The first-order chi connectivity index (χ1) is 4.84. The molecule has 0 aromatic rings. The van der Waals surface area contributed by atoms with Gasteiger partial charge in [0.2, 0.25) is 0 Å². The lowest BCUT2D eigenvalue weighted by Gasteiger charge is -2.18. The fourth-order valence-electron chi connectivity index (χ4n) is 1.02. The summed E-state index contributed by atoms with van der Waals surface area (Å²) in [5, 5.41) is 8.26. The van der Waals surface area contributed by atoms with Gasteiger partial charge >= 0.3 is 0 Å². The molecular formula is C6H11NO2S. The van der Waals surface area contributed by atoms with Crippen molar-refractivity contribution in [2.75, 3.05) is 5.75 Å². The number of amides is 1. The predicted octanol–water partition coefficient (Wildman–Crippen LogP) is 0.777. The summed E-state index contributed by atoms with van der Waals surface area (Å²) in [6, 6.07) is 0. The Bertz CT molecular complexity index is 123. The van der Waals surface area contributed by atoms with Gasteiger partial charge in [-0.25, -0.2) is 5.48 Å². The molecule has 1 unspecified atom stereocenters. The van der Waals surface area contributed by atoms with Crippen LogP contribution in [0.5, 0.6) is 0 Å². The van der Waals surface area contributed by atoms with E-state index in [0.29, 0.717) is 0 Å². The Labute approximate surface area is 64.1 Å². The number of hydroxylamine groups is 1. The maximum Gasteiger partial charge on any atom is 0.256 e. The SMILES string of the molecule is O=C(NO)C1CCCCS1. The standard InChI is InChI=1S/C6H11NO2S/c8-6(7-9)5-3-1-2-4-10-5/h5,9H,1-4H2,(H,7,8). The molecule has 2 N–H and O–H groups in total. The van der Waals surface area contributed by atoms with E-state index >= 15 is 0 Å². The minimum atomic E-state index is -0.246. The summed E-state index contributed by atoms with van der Waals surface area (Å²) in [5.74, 6) is 0.794. The molecule has 1 rings (SSSR count). The van der Waals surface area contributed by atoms with Crippen molar-refractivity contribution in [3.63, 3.8) is 0 Å². The molecule has 0 saturated carbocycles. The van der Waals surface area contributed by atoms with E-state index in [-0.39, 0.29) is 11.2 Å². The van der Waals surface area contributed by atoms with Crippen LogP contribution in [0.25, 0.3) is 0 Å². The fourth-order valence-corrected chi connectivity index (χ4v) is 2.21. The van der Waals surface area contributed by atoms with E-state index in [0.717, 1.165) is 18.6 Å². The average molecular weight is 161 g/mol. The van der Waals surface area contributed by atoms with Crippen molar-refractivity contribution >= 4 is 17.7 Å². The first kappa shape index (κ1) is 7.88. The van der Waals surface area contributed by atoms with Gasteiger partial charge in [0.15, 0.2) is 0 Å². The van der Waals surface area contributed by atoms with Crippen LogP contribution >= 0.6 is 11.8 Å². The molecule has 1 saturated heterocycles. The van der Waals surface area contributed by atoms with Gasteiger partial charge in [0.1, 0.15) is 0 Å². The molecular weight excluding hydrogens is 150 g/mol. The van der Waals surface area contributed by atoms with Crippen LogP contribution in [-0.4, -0.2) is 22.1 Å². The molecule has 1 aliphatic rings. The van der Waals surface area contributed by atoms with Crippen molar-refractivity contribution in [2.24, 2.45) is 0 Å². The molecule has 4 heteroatoms. The number of carbonyl (C=O) groups excluding carboxylic acids is 1. The van der Waals surface area contributed by atoms with E-state index in [9.17, 15) is 4.79 Å². The molecule has 0 aromatic carbocycles. The van der Waals surface area contributed by atoms with Crippen molar-refractivity contribution in [3.05, 3.63) is 0 Å². The van der Waals surface area contributed by atoms with E-state index < -0.39 is 0 Å². The number of hydrogen-bond acceptors (Lipinski definition) is 3. The molecule has 0 spiro atoms. The smallest absolute Gasteiger partial charge is 0.256 e. The quantitative estimate of drug-likeness (QED) is 0.441. The number of thioether (sulfide) groups is 1. The van der Waals surface area contributed by atoms with Gasteiger partial charge in [-0.1, -0.05) is 6.42 Å². The highest BCUT2D eigenvalue weighted by molar-refractivity contribution is 8.00. The number of nitrogens with one attached hydrogen (secondary N) is 1. The van der Waals surface area contributed by atoms with Gasteiger partial charge in [0.25, 0.3) is 5.91 Å². The maximum absolute atomic E-state index is 10.8. The summed E-state index contributed by atoms with van der Waals surface area (Å²) < 4.78 is 0. The Balaban J connectivity index is 2.31. The zero-order valence-corrected chi connectivity index (χ0v) is 6.49. The summed E-state index contributed by atoms with van der Waals surface area (Å²) in [6.07, 6.45) is 3.20. The molecule has 1 heterocycles. The molecule has 58 valence electrons. The molecule has 1 aliphatic heterocycles. The lowest BCUT2D eigenvalue weighted by Crippen LogP contribution is -2.31. The van der Waals surface area contributed by atoms with Gasteiger partial charge in [-0.05, 0) is 18.6 Å². The van der Waals surface area contributed by atoms with Crippen LogP contribution in [0.4, 0.5) is 0 Å². The summed E-state index contributed by atoms with van der Waals surface area (Å²) >= 11 is 1.62. The van der Waals surface area contributed by atoms with Gasteiger partial charge < -0.3 is 0 Å². The molecule has 0 radical (unpaired) electrons. The minimum absolute atomic E-state index is 0.0150. The first-order valence-electron chi connectivity index (χ1n) is 3.40. The van der Waals surface area contributed by atoms with Crippen LogP contribution in [-0.2, 0) is 4.79 Å². The first-order valence-corrected chi connectivity index (χ1v) is 4.45. The molecule has 3 nitrogen and oxygen atoms in total. The Morgan fingerprint density at radius 1 is 1.60 bits per heavy atom. The molecule has 0 aromatic heterocycles. The van der Waals surface area contributed by atoms with E-state index in [1.165, 1.54) is 6.42 Å². The second-order valence-corrected chi connectivity index (χ2v) is 3.64. The lowest BCUT2D eigenvalue weighted by molar-refractivity contribution is -0.128. The molecule has 0 bridgehead atoms. The summed E-state index contributed by atoms with van der Waals surface area (Å²) in [4.78, 5) is 10.8. The molecule has 1 atom stereocenters. The second-order valence-electron chi connectivity index (χ2n) is 2.33. The lowest BCUT2D eigenvalue weighted by atomic mass is 10.2. The third-order valence-corrected chi connectivity index (χ3v) is 2.96. The van der Waals surface area contributed by atoms with Crippen LogP contribution in [0.1, 0.15) is 19.3 Å². The van der Waals surface area contributed by atoms with Gasteiger partial charge in [-0.15, -0.1) is 11.8 Å². The number of rotatable bonds is 1. The summed E-state index contributed by atoms with van der Waals surface area (Å²) in [6.45, 7) is 0. The van der Waals surface area contributed by atoms with Gasteiger partial charge in [-0.3, -0.25) is 10.0 Å². The summed E-state index contributed by atoms with van der Waals surface area (Å²) in [5.41, 5.74) is 1.67. The maximum atomic E-state index is 10.8. The second kappa shape index (κ2) is 3.83. The zero-order chi connectivity index (χ0) is 7.40. The Hall–Kier alpha value is -0.220. The van der Waals surface area contributed by atoms with Crippen LogP contribution < -0.4 is 5.48 Å². The van der Waals surface area contributed by atoms with E-state index in [1.807, 2.05) is 0 Å². The van der Waals surface area contributed by atoms with Crippen LogP contribution in [0.2, 0.25) is 0 Å². The van der Waals surface area contributed by atoms with Crippen LogP contribution in [0.3, 0.4) is 0 Å². The van der Waals surface area contributed by atoms with Crippen molar-refractivity contribution < 1.29 is 10.0 Å². The largest absolute Gasteiger partial charge is 0.289 e. The number of carbonyl (C=O) groups is 1. The minimum Gasteiger partial charge on any atom is -0.289 e. The van der Waals surface area contributed by atoms with Crippen molar-refractivity contribution in [1.82, 2.24) is 5.48 Å². The van der Waals surface area contributed by atoms with Gasteiger partial charge in [0, 0.05) is 0 Å². The van der Waals surface area contributed by atoms with Gasteiger partial charge in [-0.2, -0.15) is 0 Å². The molecule has 0 aliphatic carbocycles. The van der Waals surface area contributed by atoms with Crippen LogP contribution in [0, 0.1) is 0 Å². The highest BCUT2D eigenvalue weighted by Gasteiger charge is 2.20. The predicted molar refractivity (Wildman–Crippen MR) is 40.0 cm³/mol. The Morgan fingerprint density at radius 2 is 2.40 bits per heavy atom. The topological polar surface area (TPSA) is 49.3 Å². The average Bonchev–Trinajstić information content (AvgIpc) is 2.05. The van der Waals surface area contributed by atoms with E-state index in [2.05, 4.69) is 0 Å². The Morgan fingerprint density at radius 3 is 2.90 bits per heavy atom. The number of hydrogen-bond donors (Lipinski definition) is 2. The van der Waals surface area contributed by atoms with Crippen molar-refractivity contribution in [1.29, 1.82) is 0 Å². The van der Waals surface area contributed by atoms with Gasteiger partial charge in [0.05, 0.1) is 5.25 Å².